The van der Waals surface area contributed by atoms with Crippen LogP contribution in [0.2, 0.25) is 0 Å². The second-order valence-electron chi connectivity index (χ2n) is 3.80. The highest BCUT2D eigenvalue weighted by Gasteiger charge is 2.15. The first kappa shape index (κ1) is 14.2. The van der Waals surface area contributed by atoms with Gasteiger partial charge in [-0.2, -0.15) is 4.98 Å². The van der Waals surface area contributed by atoms with Gasteiger partial charge >= 0.3 is 5.69 Å². The molecule has 0 saturated heterocycles. The maximum Gasteiger partial charge on any atom is 0.311 e. The minimum atomic E-state index is -0.460. The predicted octanol–water partition coefficient (Wildman–Crippen LogP) is 1.36. The minimum absolute atomic E-state index is 0.0463. The van der Waals surface area contributed by atoms with E-state index in [1.807, 2.05) is 14.0 Å². The molecule has 0 unspecified atom stereocenters. The van der Waals surface area contributed by atoms with Crippen LogP contribution in [0.3, 0.4) is 0 Å². The molecule has 1 N–H and O–H groups in total. The number of aromatic nitrogens is 1. The summed E-state index contributed by atoms with van der Waals surface area (Å²) in [5.74, 6) is 0.593. The Hall–Kier alpha value is -1.89. The fourth-order valence-corrected chi connectivity index (χ4v) is 1.35. The van der Waals surface area contributed by atoms with E-state index in [-0.39, 0.29) is 11.5 Å². The van der Waals surface area contributed by atoms with Crippen LogP contribution in [-0.4, -0.2) is 48.6 Å². The summed E-state index contributed by atoms with van der Waals surface area (Å²) in [5, 5.41) is 13.8. The molecule has 0 aliphatic rings. The second kappa shape index (κ2) is 6.75. The van der Waals surface area contributed by atoms with Crippen LogP contribution in [0.5, 0.6) is 5.88 Å². The van der Waals surface area contributed by atoms with E-state index in [1.54, 1.807) is 0 Å². The molecule has 7 nitrogen and oxygen atoms in total. The lowest BCUT2D eigenvalue weighted by atomic mass is 10.3. The van der Waals surface area contributed by atoms with Gasteiger partial charge in [-0.05, 0) is 13.6 Å². The molecule has 1 rings (SSSR count). The first-order valence-electron chi connectivity index (χ1n) is 5.70. The Morgan fingerprint density at radius 1 is 1.56 bits per heavy atom. The van der Waals surface area contributed by atoms with E-state index in [1.165, 1.54) is 19.2 Å². The summed E-state index contributed by atoms with van der Waals surface area (Å²) in [5.41, 5.74) is -0.0463. The van der Waals surface area contributed by atoms with E-state index in [0.717, 1.165) is 13.1 Å². The summed E-state index contributed by atoms with van der Waals surface area (Å²) < 4.78 is 4.95. The Labute approximate surface area is 106 Å². The molecular weight excluding hydrogens is 236 g/mol. The van der Waals surface area contributed by atoms with Gasteiger partial charge < -0.3 is 15.0 Å². The molecule has 18 heavy (non-hydrogen) atoms. The van der Waals surface area contributed by atoms with Gasteiger partial charge in [-0.15, -0.1) is 0 Å². The Morgan fingerprint density at radius 2 is 2.28 bits per heavy atom. The average molecular weight is 254 g/mol. The summed E-state index contributed by atoms with van der Waals surface area (Å²) >= 11 is 0. The third-order valence-corrected chi connectivity index (χ3v) is 2.58. The molecule has 7 heteroatoms. The molecule has 0 fully saturated rings. The van der Waals surface area contributed by atoms with Crippen molar-refractivity contribution in [2.24, 2.45) is 0 Å². The van der Waals surface area contributed by atoms with Crippen molar-refractivity contribution in [2.75, 3.05) is 39.1 Å². The van der Waals surface area contributed by atoms with Crippen LogP contribution in [0.4, 0.5) is 11.5 Å². The van der Waals surface area contributed by atoms with Gasteiger partial charge in [-0.25, -0.2) is 0 Å². The third kappa shape index (κ3) is 3.85. The van der Waals surface area contributed by atoms with Crippen LogP contribution in [-0.2, 0) is 0 Å². The van der Waals surface area contributed by atoms with Crippen LogP contribution < -0.4 is 10.1 Å². The van der Waals surface area contributed by atoms with Crippen molar-refractivity contribution >= 4 is 11.5 Å². The molecule has 0 aromatic carbocycles. The van der Waals surface area contributed by atoms with E-state index >= 15 is 0 Å². The molecule has 0 spiro atoms. The number of hydrogen-bond acceptors (Lipinski definition) is 6. The second-order valence-corrected chi connectivity index (χ2v) is 3.80. The van der Waals surface area contributed by atoms with Gasteiger partial charge in [0.15, 0.2) is 0 Å². The molecule has 0 aliphatic carbocycles. The zero-order chi connectivity index (χ0) is 13.5. The first-order chi connectivity index (χ1) is 8.58. The van der Waals surface area contributed by atoms with Crippen molar-refractivity contribution in [3.05, 3.63) is 22.2 Å². The van der Waals surface area contributed by atoms with E-state index < -0.39 is 4.92 Å². The summed E-state index contributed by atoms with van der Waals surface area (Å²) in [6.07, 6.45) is 0. The van der Waals surface area contributed by atoms with E-state index in [4.69, 9.17) is 4.74 Å². The number of ether oxygens (including phenoxy) is 1. The van der Waals surface area contributed by atoms with Crippen molar-refractivity contribution in [2.45, 2.75) is 6.92 Å². The highest BCUT2D eigenvalue weighted by Crippen LogP contribution is 2.24. The van der Waals surface area contributed by atoms with Crippen molar-refractivity contribution < 1.29 is 9.66 Å². The highest BCUT2D eigenvalue weighted by atomic mass is 16.6. The molecular formula is C11H18N4O3. The van der Waals surface area contributed by atoms with Crippen LogP contribution in [0.1, 0.15) is 6.92 Å². The Kier molecular flexibility index (Phi) is 5.31. The molecule has 0 bridgehead atoms. The van der Waals surface area contributed by atoms with Gasteiger partial charge in [-0.1, -0.05) is 6.92 Å². The largest absolute Gasteiger partial charge is 0.481 e. The van der Waals surface area contributed by atoms with Crippen molar-refractivity contribution in [1.29, 1.82) is 0 Å². The number of methoxy groups -OCH3 is 1. The predicted molar refractivity (Wildman–Crippen MR) is 69.1 cm³/mol. The number of likely N-dealkylation sites (N-methyl/N-ethyl adjacent to an activating group) is 1. The monoisotopic (exact) mass is 254 g/mol. The van der Waals surface area contributed by atoms with Crippen molar-refractivity contribution in [1.82, 2.24) is 9.88 Å². The zero-order valence-electron chi connectivity index (χ0n) is 10.8. The first-order valence-corrected chi connectivity index (χ1v) is 5.70. The van der Waals surface area contributed by atoms with Crippen LogP contribution >= 0.6 is 0 Å². The van der Waals surface area contributed by atoms with E-state index in [9.17, 15) is 10.1 Å². The quantitative estimate of drug-likeness (QED) is 0.584. The van der Waals surface area contributed by atoms with Gasteiger partial charge in [0.25, 0.3) is 0 Å². The number of hydrogen-bond donors (Lipinski definition) is 1. The zero-order valence-corrected chi connectivity index (χ0v) is 10.8. The summed E-state index contributed by atoms with van der Waals surface area (Å²) in [4.78, 5) is 16.5. The standard InChI is InChI=1S/C11H18N4O3/c1-4-14(2)8-7-12-11-9(15(16)17)5-6-10(13-11)18-3/h5-6H,4,7-8H2,1-3H3,(H,12,13). The lowest BCUT2D eigenvalue weighted by Gasteiger charge is -2.14. The molecule has 0 saturated carbocycles. The van der Waals surface area contributed by atoms with Crippen molar-refractivity contribution in [3.63, 3.8) is 0 Å². The molecule has 1 heterocycles. The topological polar surface area (TPSA) is 80.5 Å². The average Bonchev–Trinajstić information content (AvgIpc) is 2.37. The Balaban J connectivity index is 2.75. The molecule has 0 radical (unpaired) electrons. The maximum atomic E-state index is 10.8. The minimum Gasteiger partial charge on any atom is -0.481 e. The van der Waals surface area contributed by atoms with E-state index in [2.05, 4.69) is 15.2 Å². The SMILES string of the molecule is CCN(C)CCNc1nc(OC)ccc1[N+](=O)[O-]. The van der Waals surface area contributed by atoms with Crippen molar-refractivity contribution in [3.8, 4) is 5.88 Å². The molecule has 0 amide bonds. The number of nitrogens with one attached hydrogen (secondary N) is 1. The lowest BCUT2D eigenvalue weighted by Crippen LogP contribution is -2.25. The highest BCUT2D eigenvalue weighted by molar-refractivity contribution is 5.56. The third-order valence-electron chi connectivity index (χ3n) is 2.58. The molecule has 0 atom stereocenters. The Morgan fingerprint density at radius 3 is 2.83 bits per heavy atom. The molecule has 1 aromatic heterocycles. The number of anilines is 1. The summed E-state index contributed by atoms with van der Waals surface area (Å²) in [6.45, 7) is 4.35. The van der Waals surface area contributed by atoms with E-state index in [0.29, 0.717) is 12.4 Å². The van der Waals surface area contributed by atoms with Crippen LogP contribution in [0, 0.1) is 10.1 Å². The normalized spacial score (nSPS) is 10.4. The lowest BCUT2D eigenvalue weighted by molar-refractivity contribution is -0.384. The fraction of sp³-hybridized carbons (Fsp3) is 0.545. The Bertz CT molecular complexity index is 411. The number of nitrogens with zero attached hydrogens (tertiary/aromatic N) is 3. The summed E-state index contributed by atoms with van der Waals surface area (Å²) in [7, 11) is 3.46. The summed E-state index contributed by atoms with van der Waals surface area (Å²) in [6, 6.07) is 2.86. The van der Waals surface area contributed by atoms with Gasteiger partial charge in [0.2, 0.25) is 11.7 Å². The molecule has 1 aromatic rings. The van der Waals surface area contributed by atoms with Gasteiger partial charge in [-0.3, -0.25) is 10.1 Å². The van der Waals surface area contributed by atoms with Gasteiger partial charge in [0.05, 0.1) is 12.0 Å². The van der Waals surface area contributed by atoms with Gasteiger partial charge in [0, 0.05) is 25.2 Å². The van der Waals surface area contributed by atoms with Crippen LogP contribution in [0.15, 0.2) is 12.1 Å². The number of pyridine rings is 1. The van der Waals surface area contributed by atoms with Crippen LogP contribution in [0.25, 0.3) is 0 Å². The number of nitro groups is 1. The maximum absolute atomic E-state index is 10.8. The van der Waals surface area contributed by atoms with Gasteiger partial charge in [0.1, 0.15) is 0 Å². The molecule has 100 valence electrons. The number of rotatable bonds is 7. The fourth-order valence-electron chi connectivity index (χ4n) is 1.35. The smallest absolute Gasteiger partial charge is 0.311 e. The molecule has 0 aliphatic heterocycles.